The molecule has 5 nitrogen and oxygen atoms in total. The van der Waals surface area contributed by atoms with Crippen LogP contribution >= 0.6 is 0 Å². The molecule has 0 aromatic carbocycles. The molecule has 0 heterocycles. The molecule has 0 radical (unpaired) electrons. The van der Waals surface area contributed by atoms with E-state index in [1.165, 1.54) is 0 Å². The number of unbranched alkanes of at least 4 members (excludes halogenated alkanes) is 2. The molecule has 0 aliphatic rings. The van der Waals surface area contributed by atoms with Gasteiger partial charge in [0.1, 0.15) is 19.3 Å². The van der Waals surface area contributed by atoms with Crippen LogP contribution in [0.15, 0.2) is 0 Å². The van der Waals surface area contributed by atoms with Crippen LogP contribution in [0.25, 0.3) is 0 Å². The average molecular weight is 260 g/mol. The standard InChI is InChI=1S/C13H24O5/c1-3-5-7-12(15)17-9-11(14)10-18-13(16)8-6-4-2/h11,14H,3-10H2,1-2H3. The highest BCUT2D eigenvalue weighted by atomic mass is 16.6. The minimum absolute atomic E-state index is 0.121. The van der Waals surface area contributed by atoms with Crippen LogP contribution in [0.2, 0.25) is 0 Å². The lowest BCUT2D eigenvalue weighted by Gasteiger charge is -2.11. The SMILES string of the molecule is CCCCC(=O)OCC(O)COC(=O)CCCC. The van der Waals surface area contributed by atoms with E-state index in [4.69, 9.17) is 9.47 Å². The molecule has 106 valence electrons. The zero-order valence-electron chi connectivity index (χ0n) is 11.3. The van der Waals surface area contributed by atoms with Crippen molar-refractivity contribution >= 4 is 11.9 Å². The van der Waals surface area contributed by atoms with Gasteiger partial charge in [0.05, 0.1) is 0 Å². The highest BCUT2D eigenvalue weighted by molar-refractivity contribution is 5.69. The van der Waals surface area contributed by atoms with Crippen LogP contribution in [0.5, 0.6) is 0 Å². The fraction of sp³-hybridized carbons (Fsp3) is 0.846. The van der Waals surface area contributed by atoms with Gasteiger partial charge >= 0.3 is 11.9 Å². The lowest BCUT2D eigenvalue weighted by Crippen LogP contribution is -2.25. The summed E-state index contributed by atoms with van der Waals surface area (Å²) in [4.78, 5) is 22.3. The monoisotopic (exact) mass is 260 g/mol. The van der Waals surface area contributed by atoms with Crippen LogP contribution in [-0.4, -0.2) is 36.4 Å². The number of carbonyl (C=O) groups is 2. The first-order chi connectivity index (χ1) is 8.60. The van der Waals surface area contributed by atoms with E-state index in [1.54, 1.807) is 0 Å². The minimum atomic E-state index is -0.943. The number of aliphatic hydroxyl groups is 1. The molecular formula is C13H24O5. The second-order valence-corrected chi connectivity index (χ2v) is 4.23. The molecule has 0 amide bonds. The fourth-order valence-corrected chi connectivity index (χ4v) is 1.21. The lowest BCUT2D eigenvalue weighted by atomic mass is 10.2. The Morgan fingerprint density at radius 1 is 0.944 bits per heavy atom. The number of hydrogen-bond donors (Lipinski definition) is 1. The first-order valence-corrected chi connectivity index (χ1v) is 6.59. The molecule has 0 saturated heterocycles. The van der Waals surface area contributed by atoms with E-state index in [9.17, 15) is 14.7 Å². The highest BCUT2D eigenvalue weighted by Crippen LogP contribution is 2.00. The summed E-state index contributed by atoms with van der Waals surface area (Å²) < 4.78 is 9.68. The summed E-state index contributed by atoms with van der Waals surface area (Å²) >= 11 is 0. The van der Waals surface area contributed by atoms with E-state index in [1.807, 2.05) is 13.8 Å². The number of carbonyl (C=O) groups excluding carboxylic acids is 2. The zero-order valence-corrected chi connectivity index (χ0v) is 11.3. The van der Waals surface area contributed by atoms with E-state index >= 15 is 0 Å². The predicted molar refractivity (Wildman–Crippen MR) is 67.0 cm³/mol. The Bertz CT molecular complexity index is 216. The van der Waals surface area contributed by atoms with E-state index in [0.29, 0.717) is 12.8 Å². The van der Waals surface area contributed by atoms with Crippen molar-refractivity contribution in [1.82, 2.24) is 0 Å². The number of ether oxygens (including phenoxy) is 2. The molecule has 0 saturated carbocycles. The minimum Gasteiger partial charge on any atom is -0.463 e. The fourth-order valence-electron chi connectivity index (χ4n) is 1.21. The smallest absolute Gasteiger partial charge is 0.305 e. The maximum absolute atomic E-state index is 11.1. The van der Waals surface area contributed by atoms with Gasteiger partial charge in [-0.2, -0.15) is 0 Å². The van der Waals surface area contributed by atoms with Gasteiger partial charge in [0.2, 0.25) is 0 Å². The summed E-state index contributed by atoms with van der Waals surface area (Å²) in [6, 6.07) is 0. The molecule has 0 atom stereocenters. The molecule has 0 aromatic heterocycles. The van der Waals surface area contributed by atoms with E-state index in [0.717, 1.165) is 25.7 Å². The molecule has 0 aliphatic carbocycles. The third kappa shape index (κ3) is 10.1. The van der Waals surface area contributed by atoms with Gasteiger partial charge in [-0.3, -0.25) is 9.59 Å². The first-order valence-electron chi connectivity index (χ1n) is 6.59. The number of rotatable bonds is 10. The van der Waals surface area contributed by atoms with Crippen LogP contribution in [-0.2, 0) is 19.1 Å². The normalized spacial score (nSPS) is 10.4. The predicted octanol–water partition coefficient (Wildman–Crippen LogP) is 1.81. The summed E-state index contributed by atoms with van der Waals surface area (Å²) in [7, 11) is 0. The molecule has 0 bridgehead atoms. The summed E-state index contributed by atoms with van der Waals surface area (Å²) in [5.74, 6) is -0.651. The van der Waals surface area contributed by atoms with Crippen molar-refractivity contribution in [1.29, 1.82) is 0 Å². The second-order valence-electron chi connectivity index (χ2n) is 4.23. The van der Waals surface area contributed by atoms with Crippen molar-refractivity contribution in [2.75, 3.05) is 13.2 Å². The van der Waals surface area contributed by atoms with Crippen LogP contribution in [0.1, 0.15) is 52.4 Å². The molecule has 0 rings (SSSR count). The first kappa shape index (κ1) is 16.9. The van der Waals surface area contributed by atoms with Gasteiger partial charge in [0.15, 0.2) is 0 Å². The van der Waals surface area contributed by atoms with Crippen LogP contribution < -0.4 is 0 Å². The zero-order chi connectivity index (χ0) is 13.8. The van der Waals surface area contributed by atoms with Gasteiger partial charge in [-0.25, -0.2) is 0 Å². The summed E-state index contributed by atoms with van der Waals surface area (Å²) in [5, 5.41) is 9.44. The Hall–Kier alpha value is -1.10. The average Bonchev–Trinajstić information content (AvgIpc) is 2.37. The summed E-state index contributed by atoms with van der Waals surface area (Å²) in [5.41, 5.74) is 0. The van der Waals surface area contributed by atoms with Gasteiger partial charge in [0, 0.05) is 12.8 Å². The third-order valence-corrected chi connectivity index (χ3v) is 2.34. The van der Waals surface area contributed by atoms with Crippen molar-refractivity contribution in [2.24, 2.45) is 0 Å². The van der Waals surface area contributed by atoms with Crippen LogP contribution in [0, 0.1) is 0 Å². The molecule has 0 aromatic rings. The molecule has 0 spiro atoms. The number of aliphatic hydroxyl groups excluding tert-OH is 1. The molecule has 1 N–H and O–H groups in total. The number of esters is 2. The van der Waals surface area contributed by atoms with Crippen molar-refractivity contribution < 1.29 is 24.2 Å². The van der Waals surface area contributed by atoms with E-state index in [2.05, 4.69) is 0 Å². The quantitative estimate of drug-likeness (QED) is 0.606. The van der Waals surface area contributed by atoms with Crippen molar-refractivity contribution in [3.8, 4) is 0 Å². The summed E-state index contributed by atoms with van der Waals surface area (Å²) in [6.07, 6.45) is 3.18. The molecule has 0 aliphatic heterocycles. The number of hydrogen-bond acceptors (Lipinski definition) is 5. The van der Waals surface area contributed by atoms with Gasteiger partial charge < -0.3 is 14.6 Å². The van der Waals surface area contributed by atoms with Gasteiger partial charge in [0.25, 0.3) is 0 Å². The second kappa shape index (κ2) is 11.0. The van der Waals surface area contributed by atoms with Crippen LogP contribution in [0.4, 0.5) is 0 Å². The Morgan fingerprint density at radius 3 is 1.67 bits per heavy atom. The molecule has 18 heavy (non-hydrogen) atoms. The van der Waals surface area contributed by atoms with E-state index < -0.39 is 6.10 Å². The topological polar surface area (TPSA) is 72.8 Å². The Kier molecular flexibility index (Phi) is 10.3. The molecule has 5 heteroatoms. The van der Waals surface area contributed by atoms with Crippen molar-refractivity contribution in [3.05, 3.63) is 0 Å². The Labute approximate surface area is 108 Å². The van der Waals surface area contributed by atoms with Gasteiger partial charge in [-0.05, 0) is 12.8 Å². The van der Waals surface area contributed by atoms with Crippen molar-refractivity contribution in [3.63, 3.8) is 0 Å². The maximum atomic E-state index is 11.1. The maximum Gasteiger partial charge on any atom is 0.305 e. The van der Waals surface area contributed by atoms with E-state index in [-0.39, 0.29) is 25.2 Å². The molecule has 0 unspecified atom stereocenters. The van der Waals surface area contributed by atoms with Gasteiger partial charge in [-0.1, -0.05) is 26.7 Å². The summed E-state index contributed by atoms with van der Waals surface area (Å²) in [6.45, 7) is 3.73. The van der Waals surface area contributed by atoms with Gasteiger partial charge in [-0.15, -0.1) is 0 Å². The van der Waals surface area contributed by atoms with Crippen molar-refractivity contribution in [2.45, 2.75) is 58.5 Å². The highest BCUT2D eigenvalue weighted by Gasteiger charge is 2.11. The Balaban J connectivity index is 3.55. The molecular weight excluding hydrogens is 236 g/mol. The van der Waals surface area contributed by atoms with Crippen LogP contribution in [0.3, 0.4) is 0 Å². The lowest BCUT2D eigenvalue weighted by molar-refractivity contribution is -0.152. The Morgan fingerprint density at radius 2 is 1.33 bits per heavy atom. The largest absolute Gasteiger partial charge is 0.463 e. The molecule has 0 fully saturated rings. The third-order valence-electron chi connectivity index (χ3n) is 2.34.